The minimum atomic E-state index is -4.45. The van der Waals surface area contributed by atoms with Gasteiger partial charge in [-0.3, -0.25) is 4.79 Å². The number of carbonyl (C=O) groups excluding carboxylic acids is 1. The summed E-state index contributed by atoms with van der Waals surface area (Å²) < 4.78 is 49.2. The molecule has 1 amide bonds. The van der Waals surface area contributed by atoms with Gasteiger partial charge in [0.2, 0.25) is 0 Å². The van der Waals surface area contributed by atoms with E-state index in [2.05, 4.69) is 10.3 Å². The van der Waals surface area contributed by atoms with Gasteiger partial charge < -0.3 is 19.8 Å². The van der Waals surface area contributed by atoms with Crippen LogP contribution >= 0.6 is 0 Å². The van der Waals surface area contributed by atoms with Gasteiger partial charge in [-0.25, -0.2) is 0 Å². The van der Waals surface area contributed by atoms with Crippen molar-refractivity contribution in [2.75, 3.05) is 18.5 Å². The first-order valence-corrected chi connectivity index (χ1v) is 8.21. The van der Waals surface area contributed by atoms with E-state index in [0.717, 1.165) is 6.07 Å². The summed E-state index contributed by atoms with van der Waals surface area (Å²) in [6.07, 6.45) is -4.45. The van der Waals surface area contributed by atoms with Crippen molar-refractivity contribution in [3.8, 4) is 11.5 Å². The van der Waals surface area contributed by atoms with Crippen molar-refractivity contribution in [1.82, 2.24) is 4.98 Å². The van der Waals surface area contributed by atoms with Gasteiger partial charge in [0, 0.05) is 16.6 Å². The van der Waals surface area contributed by atoms with Crippen LogP contribution < -0.4 is 14.8 Å². The number of hydrogen-bond acceptors (Lipinski definition) is 3. The first kappa shape index (κ1) is 18.6. The third-order valence-corrected chi connectivity index (χ3v) is 3.72. The lowest BCUT2D eigenvalue weighted by molar-refractivity contribution is -0.140. The van der Waals surface area contributed by atoms with Crippen LogP contribution in [0.2, 0.25) is 0 Å². The molecule has 2 aromatic carbocycles. The first-order valence-electron chi connectivity index (χ1n) is 8.21. The van der Waals surface area contributed by atoms with E-state index in [0.29, 0.717) is 34.7 Å². The molecule has 2 N–H and O–H groups in total. The van der Waals surface area contributed by atoms with E-state index in [4.69, 9.17) is 9.47 Å². The summed E-state index contributed by atoms with van der Waals surface area (Å²) in [4.78, 5) is 14.4. The topological polar surface area (TPSA) is 63.4 Å². The molecule has 27 heavy (non-hydrogen) atoms. The molecule has 142 valence electrons. The molecule has 0 unspecified atom stereocenters. The molecule has 1 aromatic heterocycles. The lowest BCUT2D eigenvalue weighted by Crippen LogP contribution is -2.20. The third-order valence-electron chi connectivity index (χ3n) is 3.72. The molecule has 0 saturated heterocycles. The summed E-state index contributed by atoms with van der Waals surface area (Å²) in [5.74, 6) is 0.527. The number of para-hydroxylation sites is 2. The SMILES string of the molecule is CCOc1ccccc1OCC(=O)Nc1ccc2[nH]c(C(F)(F)F)cc2c1. The molecule has 8 heteroatoms. The predicted octanol–water partition coefficient (Wildman–Crippen LogP) is 4.60. The van der Waals surface area contributed by atoms with E-state index < -0.39 is 17.8 Å². The third kappa shape index (κ3) is 4.52. The van der Waals surface area contributed by atoms with Gasteiger partial charge in [-0.1, -0.05) is 12.1 Å². The van der Waals surface area contributed by atoms with Gasteiger partial charge in [0.25, 0.3) is 5.91 Å². The monoisotopic (exact) mass is 378 g/mol. The summed E-state index contributed by atoms with van der Waals surface area (Å²) >= 11 is 0. The number of carbonyl (C=O) groups is 1. The molecule has 0 atom stereocenters. The van der Waals surface area contributed by atoms with Gasteiger partial charge in [0.1, 0.15) is 5.69 Å². The normalized spacial score (nSPS) is 11.4. The number of nitrogens with one attached hydrogen (secondary N) is 2. The molecule has 5 nitrogen and oxygen atoms in total. The van der Waals surface area contributed by atoms with Crippen LogP contribution in [-0.4, -0.2) is 24.1 Å². The molecule has 1 heterocycles. The lowest BCUT2D eigenvalue weighted by Gasteiger charge is -2.11. The second kappa shape index (κ2) is 7.61. The van der Waals surface area contributed by atoms with Crippen molar-refractivity contribution < 1.29 is 27.4 Å². The summed E-state index contributed by atoms with van der Waals surface area (Å²) in [6, 6.07) is 12.4. The molecule has 0 saturated carbocycles. The highest BCUT2D eigenvalue weighted by atomic mass is 19.4. The van der Waals surface area contributed by atoms with Gasteiger partial charge in [-0.05, 0) is 43.3 Å². The summed E-state index contributed by atoms with van der Waals surface area (Å²) in [5.41, 5.74) is -0.124. The highest BCUT2D eigenvalue weighted by Gasteiger charge is 2.32. The number of aromatic amines is 1. The van der Waals surface area contributed by atoms with Crippen molar-refractivity contribution in [2.24, 2.45) is 0 Å². The van der Waals surface area contributed by atoms with Crippen molar-refractivity contribution in [3.05, 3.63) is 54.2 Å². The van der Waals surface area contributed by atoms with Crippen LogP contribution in [0.3, 0.4) is 0 Å². The Kier molecular flexibility index (Phi) is 5.25. The average Bonchev–Trinajstić information content (AvgIpc) is 3.05. The first-order chi connectivity index (χ1) is 12.9. The van der Waals surface area contributed by atoms with E-state index >= 15 is 0 Å². The van der Waals surface area contributed by atoms with Crippen LogP contribution in [-0.2, 0) is 11.0 Å². The number of fused-ring (bicyclic) bond motifs is 1. The number of halogens is 3. The fourth-order valence-corrected chi connectivity index (χ4v) is 2.55. The van der Waals surface area contributed by atoms with Crippen LogP contribution in [0.1, 0.15) is 12.6 Å². The zero-order valence-electron chi connectivity index (χ0n) is 14.4. The largest absolute Gasteiger partial charge is 0.490 e. The average molecular weight is 378 g/mol. The van der Waals surface area contributed by atoms with Crippen LogP contribution in [0.15, 0.2) is 48.5 Å². The number of ether oxygens (including phenoxy) is 2. The number of rotatable bonds is 6. The Bertz CT molecular complexity index is 951. The van der Waals surface area contributed by atoms with Crippen molar-refractivity contribution in [2.45, 2.75) is 13.1 Å². The Labute approximate surface area is 153 Å². The van der Waals surface area contributed by atoms with Crippen LogP contribution in [0.5, 0.6) is 11.5 Å². The Morgan fingerprint density at radius 2 is 1.78 bits per heavy atom. The Morgan fingerprint density at radius 3 is 2.44 bits per heavy atom. The molecule has 0 spiro atoms. The minimum absolute atomic E-state index is 0.261. The molecule has 0 aliphatic rings. The maximum absolute atomic E-state index is 12.8. The quantitative estimate of drug-likeness (QED) is 0.659. The molecule has 0 radical (unpaired) electrons. The van der Waals surface area contributed by atoms with Crippen molar-refractivity contribution >= 4 is 22.5 Å². The number of amides is 1. The number of anilines is 1. The standard InChI is InChI=1S/C19H17F3N2O3/c1-2-26-15-5-3-4-6-16(15)27-11-18(25)23-13-7-8-14-12(9-13)10-17(24-14)19(20,21)22/h3-10,24H,2,11H2,1H3,(H,23,25). The van der Waals surface area contributed by atoms with Crippen LogP contribution in [0.25, 0.3) is 10.9 Å². The van der Waals surface area contributed by atoms with E-state index in [9.17, 15) is 18.0 Å². The Hall–Kier alpha value is -3.16. The van der Waals surface area contributed by atoms with Gasteiger partial charge in [-0.2, -0.15) is 13.2 Å². The lowest BCUT2D eigenvalue weighted by atomic mass is 10.2. The summed E-state index contributed by atoms with van der Waals surface area (Å²) in [5, 5.41) is 2.95. The fraction of sp³-hybridized carbons (Fsp3) is 0.211. The second-order valence-corrected chi connectivity index (χ2v) is 5.70. The van der Waals surface area contributed by atoms with Gasteiger partial charge in [0.05, 0.1) is 6.61 Å². The molecule has 3 rings (SSSR count). The highest BCUT2D eigenvalue weighted by molar-refractivity contribution is 5.94. The smallest absolute Gasteiger partial charge is 0.431 e. The van der Waals surface area contributed by atoms with Crippen molar-refractivity contribution in [3.63, 3.8) is 0 Å². The van der Waals surface area contributed by atoms with Gasteiger partial charge in [-0.15, -0.1) is 0 Å². The van der Waals surface area contributed by atoms with Gasteiger partial charge in [0.15, 0.2) is 18.1 Å². The van der Waals surface area contributed by atoms with E-state index in [1.165, 1.54) is 18.2 Å². The number of H-pyrrole nitrogens is 1. The van der Waals surface area contributed by atoms with E-state index in [1.54, 1.807) is 24.3 Å². The summed E-state index contributed by atoms with van der Waals surface area (Å²) in [6.45, 7) is 2.04. The molecule has 3 aromatic rings. The second-order valence-electron chi connectivity index (χ2n) is 5.70. The van der Waals surface area contributed by atoms with E-state index in [-0.39, 0.29) is 6.61 Å². The molecule has 0 aliphatic carbocycles. The molecular formula is C19H17F3N2O3. The molecule has 0 fully saturated rings. The number of aromatic nitrogens is 1. The molecular weight excluding hydrogens is 361 g/mol. The van der Waals surface area contributed by atoms with Crippen LogP contribution in [0, 0.1) is 0 Å². The Morgan fingerprint density at radius 1 is 1.07 bits per heavy atom. The molecule has 0 aliphatic heterocycles. The molecule has 0 bridgehead atoms. The van der Waals surface area contributed by atoms with Crippen molar-refractivity contribution in [1.29, 1.82) is 0 Å². The van der Waals surface area contributed by atoms with E-state index in [1.807, 2.05) is 6.92 Å². The fourth-order valence-electron chi connectivity index (χ4n) is 2.55. The zero-order chi connectivity index (χ0) is 19.4. The Balaban J connectivity index is 1.66. The predicted molar refractivity (Wildman–Crippen MR) is 95.0 cm³/mol. The highest BCUT2D eigenvalue weighted by Crippen LogP contribution is 2.32. The number of alkyl halides is 3. The maximum atomic E-state index is 12.8. The van der Waals surface area contributed by atoms with Crippen LogP contribution in [0.4, 0.5) is 18.9 Å². The number of hydrogen-bond donors (Lipinski definition) is 2. The number of benzene rings is 2. The van der Waals surface area contributed by atoms with Gasteiger partial charge >= 0.3 is 6.18 Å². The zero-order valence-corrected chi connectivity index (χ0v) is 14.4. The maximum Gasteiger partial charge on any atom is 0.431 e. The summed E-state index contributed by atoms with van der Waals surface area (Å²) in [7, 11) is 0. The minimum Gasteiger partial charge on any atom is -0.490 e.